The third kappa shape index (κ3) is 5.25. The summed E-state index contributed by atoms with van der Waals surface area (Å²) in [6, 6.07) is 0. The van der Waals surface area contributed by atoms with Crippen molar-refractivity contribution in [3.05, 3.63) is 5.70 Å². The van der Waals surface area contributed by atoms with Crippen LogP contribution >= 0.6 is 15.9 Å². The van der Waals surface area contributed by atoms with Gasteiger partial charge in [-0.15, -0.1) is 0 Å². The summed E-state index contributed by atoms with van der Waals surface area (Å²) < 4.78 is 5.30. The van der Waals surface area contributed by atoms with Crippen molar-refractivity contribution in [1.29, 1.82) is 0 Å². The zero-order valence-electron chi connectivity index (χ0n) is 11.7. The van der Waals surface area contributed by atoms with Crippen LogP contribution in [0.2, 0.25) is 0 Å². The van der Waals surface area contributed by atoms with Crippen LogP contribution in [0.4, 0.5) is 4.79 Å². The van der Waals surface area contributed by atoms with Gasteiger partial charge in [-0.3, -0.25) is 4.90 Å². The molecular weight excluding hydrogens is 312 g/mol. The van der Waals surface area contributed by atoms with E-state index in [1.807, 2.05) is 31.6 Å². The van der Waals surface area contributed by atoms with Crippen molar-refractivity contribution in [2.24, 2.45) is 0 Å². The number of rotatable bonds is 3. The molecule has 0 spiro atoms. The van der Waals surface area contributed by atoms with E-state index >= 15 is 0 Å². The molecule has 0 N–H and O–H groups in total. The van der Waals surface area contributed by atoms with E-state index in [1.54, 1.807) is 4.90 Å². The second-order valence-electron chi connectivity index (χ2n) is 5.48. The highest BCUT2D eigenvalue weighted by Gasteiger charge is 2.28. The highest BCUT2D eigenvalue weighted by molar-refractivity contribution is 9.09. The van der Waals surface area contributed by atoms with E-state index in [-0.39, 0.29) is 12.6 Å². The Morgan fingerprint density at radius 2 is 2.11 bits per heavy atom. The Labute approximate surface area is 122 Å². The van der Waals surface area contributed by atoms with Crippen LogP contribution in [0, 0.1) is 0 Å². The van der Waals surface area contributed by atoms with Gasteiger partial charge in [0, 0.05) is 25.0 Å². The SMILES string of the molecule is CC(C)(C)OC(=O)N1CCN(CCCBr)C(=C=O)C1. The van der Waals surface area contributed by atoms with Crippen LogP contribution in [-0.2, 0) is 9.53 Å². The molecule has 0 radical (unpaired) electrons. The zero-order chi connectivity index (χ0) is 14.5. The smallest absolute Gasteiger partial charge is 0.410 e. The van der Waals surface area contributed by atoms with Gasteiger partial charge in [-0.1, -0.05) is 15.9 Å². The van der Waals surface area contributed by atoms with Gasteiger partial charge in [-0.2, -0.15) is 0 Å². The number of amides is 1. The van der Waals surface area contributed by atoms with Crippen LogP contribution in [0.1, 0.15) is 27.2 Å². The van der Waals surface area contributed by atoms with Gasteiger partial charge >= 0.3 is 6.09 Å². The molecule has 1 rings (SSSR count). The summed E-state index contributed by atoms with van der Waals surface area (Å²) in [5.41, 5.74) is 0.00737. The molecule has 0 atom stereocenters. The van der Waals surface area contributed by atoms with Crippen molar-refractivity contribution in [1.82, 2.24) is 9.80 Å². The number of piperazine rings is 1. The number of carbonyl (C=O) groups excluding carboxylic acids is 2. The molecule has 1 aliphatic heterocycles. The average Bonchev–Trinajstić information content (AvgIpc) is 2.34. The summed E-state index contributed by atoms with van der Waals surface area (Å²) in [7, 11) is 0. The molecule has 0 unspecified atom stereocenters. The maximum absolute atomic E-state index is 11.9. The Hall–Kier alpha value is -1.00. The fraction of sp³-hybridized carbons (Fsp3) is 0.769. The molecule has 6 heteroatoms. The molecule has 1 aliphatic rings. The molecule has 1 heterocycles. The van der Waals surface area contributed by atoms with E-state index in [4.69, 9.17) is 4.74 Å². The normalized spacial score (nSPS) is 16.3. The van der Waals surface area contributed by atoms with Crippen LogP contribution in [0.3, 0.4) is 0 Å². The Kier molecular flexibility index (Phi) is 5.88. The van der Waals surface area contributed by atoms with Crippen LogP contribution in [0.5, 0.6) is 0 Å². The van der Waals surface area contributed by atoms with Crippen molar-refractivity contribution in [3.63, 3.8) is 0 Å². The lowest BCUT2D eigenvalue weighted by Crippen LogP contribution is -2.49. The Balaban J connectivity index is 2.59. The lowest BCUT2D eigenvalue weighted by Gasteiger charge is -2.36. The molecule has 0 saturated carbocycles. The topological polar surface area (TPSA) is 49.9 Å². The van der Waals surface area contributed by atoms with Gasteiger partial charge in [0.1, 0.15) is 17.2 Å². The molecule has 1 saturated heterocycles. The molecule has 0 aromatic rings. The second kappa shape index (κ2) is 6.96. The minimum Gasteiger partial charge on any atom is -0.444 e. The fourth-order valence-electron chi connectivity index (χ4n) is 1.81. The van der Waals surface area contributed by atoms with Crippen LogP contribution in [0.25, 0.3) is 0 Å². The van der Waals surface area contributed by atoms with Crippen molar-refractivity contribution in [2.45, 2.75) is 32.8 Å². The van der Waals surface area contributed by atoms with Crippen LogP contribution in [-0.4, -0.2) is 58.9 Å². The van der Waals surface area contributed by atoms with Crippen molar-refractivity contribution in [3.8, 4) is 0 Å². The number of alkyl halides is 1. The summed E-state index contributed by atoms with van der Waals surface area (Å²) in [5.74, 6) is 1.94. The molecule has 1 fully saturated rings. The van der Waals surface area contributed by atoms with E-state index < -0.39 is 5.60 Å². The molecule has 108 valence electrons. The number of hydrogen-bond acceptors (Lipinski definition) is 4. The first-order chi connectivity index (χ1) is 8.87. The van der Waals surface area contributed by atoms with E-state index in [0.29, 0.717) is 18.8 Å². The zero-order valence-corrected chi connectivity index (χ0v) is 13.3. The quantitative estimate of drug-likeness (QED) is 0.586. The third-order valence-electron chi connectivity index (χ3n) is 2.69. The maximum atomic E-state index is 11.9. The predicted molar refractivity (Wildman–Crippen MR) is 77.0 cm³/mol. The molecule has 19 heavy (non-hydrogen) atoms. The van der Waals surface area contributed by atoms with Gasteiger partial charge in [-0.25, -0.2) is 9.59 Å². The molecule has 0 aromatic carbocycles. The maximum Gasteiger partial charge on any atom is 0.410 e. The van der Waals surface area contributed by atoms with Crippen LogP contribution < -0.4 is 0 Å². The lowest BCUT2D eigenvalue weighted by molar-refractivity contribution is 0.0201. The van der Waals surface area contributed by atoms with E-state index in [1.165, 1.54) is 0 Å². The molecule has 0 aromatic heterocycles. The van der Waals surface area contributed by atoms with Gasteiger partial charge in [-0.05, 0) is 27.2 Å². The first-order valence-electron chi connectivity index (χ1n) is 6.40. The van der Waals surface area contributed by atoms with E-state index in [2.05, 4.69) is 15.9 Å². The Morgan fingerprint density at radius 1 is 1.42 bits per heavy atom. The van der Waals surface area contributed by atoms with E-state index in [0.717, 1.165) is 18.3 Å². The van der Waals surface area contributed by atoms with Gasteiger partial charge < -0.3 is 9.64 Å². The standard InChI is InChI=1S/C13H21BrN2O3/c1-13(2,3)19-12(18)16-8-7-15(6-4-5-14)11(9-16)10-17/h4-9H2,1-3H3. The monoisotopic (exact) mass is 332 g/mol. The van der Waals surface area contributed by atoms with Gasteiger partial charge in [0.25, 0.3) is 0 Å². The van der Waals surface area contributed by atoms with Gasteiger partial charge in [0.05, 0.1) is 6.54 Å². The van der Waals surface area contributed by atoms with E-state index in [9.17, 15) is 9.59 Å². The van der Waals surface area contributed by atoms with Gasteiger partial charge in [0.15, 0.2) is 0 Å². The van der Waals surface area contributed by atoms with Crippen molar-refractivity contribution in [2.75, 3.05) is 31.5 Å². The highest BCUT2D eigenvalue weighted by atomic mass is 79.9. The summed E-state index contributed by atoms with van der Waals surface area (Å²) in [5, 5.41) is 0.894. The molecular formula is C13H21BrN2O3. The Morgan fingerprint density at radius 3 is 2.63 bits per heavy atom. The molecule has 5 nitrogen and oxygen atoms in total. The molecule has 0 aliphatic carbocycles. The largest absolute Gasteiger partial charge is 0.444 e. The lowest BCUT2D eigenvalue weighted by atomic mass is 10.2. The van der Waals surface area contributed by atoms with Crippen molar-refractivity contribution < 1.29 is 14.3 Å². The summed E-state index contributed by atoms with van der Waals surface area (Å²) in [6.07, 6.45) is 0.581. The first kappa shape index (κ1) is 16.1. The van der Waals surface area contributed by atoms with Crippen LogP contribution in [0.15, 0.2) is 5.70 Å². The highest BCUT2D eigenvalue weighted by Crippen LogP contribution is 2.16. The molecule has 0 bridgehead atoms. The Bertz CT molecular complexity index is 373. The summed E-state index contributed by atoms with van der Waals surface area (Å²) in [6.45, 7) is 7.78. The van der Waals surface area contributed by atoms with Crippen molar-refractivity contribution >= 4 is 28.0 Å². The first-order valence-corrected chi connectivity index (χ1v) is 7.52. The molecule has 1 amide bonds. The average molecular weight is 333 g/mol. The number of hydrogen-bond donors (Lipinski definition) is 0. The summed E-state index contributed by atoms with van der Waals surface area (Å²) >= 11 is 3.37. The minimum atomic E-state index is -0.519. The number of carbonyl (C=O) groups is 1. The summed E-state index contributed by atoms with van der Waals surface area (Å²) in [4.78, 5) is 26.5. The van der Waals surface area contributed by atoms with Gasteiger partial charge in [0.2, 0.25) is 0 Å². The number of ether oxygens (including phenoxy) is 1. The predicted octanol–water partition coefficient (Wildman–Crippen LogP) is 2.04. The minimum absolute atomic E-state index is 0.278. The number of nitrogens with zero attached hydrogens (tertiary/aromatic N) is 2. The number of halogens is 1. The fourth-order valence-corrected chi connectivity index (χ4v) is 2.06. The third-order valence-corrected chi connectivity index (χ3v) is 3.25. The second-order valence-corrected chi connectivity index (χ2v) is 6.27.